The minimum atomic E-state index is -4.03. The summed E-state index contributed by atoms with van der Waals surface area (Å²) in [6, 6.07) is 0. The van der Waals surface area contributed by atoms with Crippen molar-refractivity contribution in [1.29, 1.82) is 0 Å². The lowest BCUT2D eigenvalue weighted by Crippen LogP contribution is -2.23. The van der Waals surface area contributed by atoms with E-state index in [1.165, 1.54) is 6.20 Å². The van der Waals surface area contributed by atoms with E-state index in [0.29, 0.717) is 11.1 Å². The number of hydrogen-bond acceptors (Lipinski definition) is 4. The fraction of sp³-hybridized carbons (Fsp3) is 0.250. The molecule has 1 heterocycles. The minimum Gasteiger partial charge on any atom is -0.366 e. The standard InChI is InChI=1S/C8H11N3O3S/c1-4-3-11-8(15(10,13)14)6(5(4)2)7(9)12/h3H,1-2H3,(H2,9,12)(H2,10,13,14). The quantitative estimate of drug-likeness (QED) is 0.707. The Balaban J connectivity index is 3.70. The van der Waals surface area contributed by atoms with Crippen molar-refractivity contribution in [2.24, 2.45) is 10.9 Å². The number of primary sulfonamides is 1. The number of nitrogens with zero attached hydrogens (tertiary/aromatic N) is 1. The van der Waals surface area contributed by atoms with Gasteiger partial charge in [0.2, 0.25) is 0 Å². The molecule has 0 aromatic carbocycles. The van der Waals surface area contributed by atoms with Gasteiger partial charge >= 0.3 is 0 Å². The average molecular weight is 229 g/mol. The molecule has 82 valence electrons. The molecule has 0 saturated carbocycles. The van der Waals surface area contributed by atoms with Crippen LogP contribution in [0, 0.1) is 13.8 Å². The van der Waals surface area contributed by atoms with Crippen LogP contribution in [0.25, 0.3) is 0 Å². The number of carbonyl (C=O) groups is 1. The maximum absolute atomic E-state index is 11.1. The van der Waals surface area contributed by atoms with Gasteiger partial charge in [-0.3, -0.25) is 4.79 Å². The Labute approximate surface area is 87.3 Å². The van der Waals surface area contributed by atoms with Gasteiger partial charge in [0.1, 0.15) is 0 Å². The van der Waals surface area contributed by atoms with E-state index in [-0.39, 0.29) is 5.56 Å². The number of aromatic nitrogens is 1. The molecule has 15 heavy (non-hydrogen) atoms. The molecular formula is C8H11N3O3S. The Morgan fingerprint density at radius 2 is 1.93 bits per heavy atom. The molecule has 1 amide bonds. The third-order valence-corrected chi connectivity index (χ3v) is 2.92. The summed E-state index contributed by atoms with van der Waals surface area (Å²) in [5.74, 6) is -0.854. The molecule has 0 radical (unpaired) electrons. The van der Waals surface area contributed by atoms with E-state index in [4.69, 9.17) is 10.9 Å². The fourth-order valence-electron chi connectivity index (χ4n) is 1.18. The highest BCUT2D eigenvalue weighted by atomic mass is 32.2. The summed E-state index contributed by atoms with van der Waals surface area (Å²) in [6.07, 6.45) is 1.33. The topological polar surface area (TPSA) is 116 Å². The van der Waals surface area contributed by atoms with Gasteiger partial charge in [0.25, 0.3) is 15.9 Å². The zero-order valence-corrected chi connectivity index (χ0v) is 9.13. The number of amides is 1. The molecule has 0 fully saturated rings. The fourth-order valence-corrected chi connectivity index (χ4v) is 1.92. The van der Waals surface area contributed by atoms with Crippen LogP contribution in [0.5, 0.6) is 0 Å². The van der Waals surface area contributed by atoms with Crippen molar-refractivity contribution in [1.82, 2.24) is 4.98 Å². The summed E-state index contributed by atoms with van der Waals surface area (Å²) in [6.45, 7) is 3.29. The van der Waals surface area contributed by atoms with Crippen LogP contribution in [0.15, 0.2) is 11.2 Å². The lowest BCUT2D eigenvalue weighted by molar-refractivity contribution is 0.0995. The van der Waals surface area contributed by atoms with Crippen molar-refractivity contribution in [3.05, 3.63) is 22.9 Å². The van der Waals surface area contributed by atoms with E-state index in [2.05, 4.69) is 4.98 Å². The summed E-state index contributed by atoms with van der Waals surface area (Å²) in [5, 5.41) is 4.44. The van der Waals surface area contributed by atoms with E-state index >= 15 is 0 Å². The average Bonchev–Trinajstić information content (AvgIpc) is 2.06. The first kappa shape index (κ1) is 11.6. The Morgan fingerprint density at radius 3 is 2.33 bits per heavy atom. The van der Waals surface area contributed by atoms with Gasteiger partial charge in [-0.1, -0.05) is 0 Å². The van der Waals surface area contributed by atoms with Crippen LogP contribution in [0.4, 0.5) is 0 Å². The van der Waals surface area contributed by atoms with Gasteiger partial charge in [-0.25, -0.2) is 18.5 Å². The van der Waals surface area contributed by atoms with Gasteiger partial charge in [-0.15, -0.1) is 0 Å². The Hall–Kier alpha value is -1.47. The number of hydrogen-bond donors (Lipinski definition) is 2. The number of pyridine rings is 1. The molecule has 1 aromatic rings. The summed E-state index contributed by atoms with van der Waals surface area (Å²) >= 11 is 0. The first-order chi connectivity index (χ1) is 6.75. The maximum Gasteiger partial charge on any atom is 0.256 e. The van der Waals surface area contributed by atoms with Crippen molar-refractivity contribution in [2.45, 2.75) is 18.9 Å². The highest BCUT2D eigenvalue weighted by Crippen LogP contribution is 2.18. The molecule has 0 spiro atoms. The first-order valence-corrected chi connectivity index (χ1v) is 5.58. The Morgan fingerprint density at radius 1 is 1.40 bits per heavy atom. The number of sulfonamides is 1. The number of primary amides is 1. The van der Waals surface area contributed by atoms with Gasteiger partial charge in [-0.05, 0) is 25.0 Å². The lowest BCUT2D eigenvalue weighted by atomic mass is 10.1. The van der Waals surface area contributed by atoms with E-state index in [9.17, 15) is 13.2 Å². The summed E-state index contributed by atoms with van der Waals surface area (Å²) in [5.41, 5.74) is 6.09. The summed E-state index contributed by atoms with van der Waals surface area (Å²) in [7, 11) is -4.03. The molecule has 1 rings (SSSR count). The monoisotopic (exact) mass is 229 g/mol. The van der Waals surface area contributed by atoms with Crippen LogP contribution in [0.2, 0.25) is 0 Å². The van der Waals surface area contributed by atoms with Crippen LogP contribution < -0.4 is 10.9 Å². The molecule has 0 atom stereocenters. The zero-order chi connectivity index (χ0) is 11.8. The van der Waals surface area contributed by atoms with Gasteiger partial charge in [-0.2, -0.15) is 0 Å². The third-order valence-electron chi connectivity index (χ3n) is 2.07. The number of carbonyl (C=O) groups excluding carboxylic acids is 1. The van der Waals surface area contributed by atoms with Gasteiger partial charge in [0.05, 0.1) is 5.56 Å². The summed E-state index contributed by atoms with van der Waals surface area (Å²) in [4.78, 5) is 14.7. The number of nitrogens with two attached hydrogens (primary N) is 2. The summed E-state index contributed by atoms with van der Waals surface area (Å²) < 4.78 is 22.3. The van der Waals surface area contributed by atoms with E-state index in [1.54, 1.807) is 13.8 Å². The molecule has 0 bridgehead atoms. The molecule has 0 aliphatic heterocycles. The second kappa shape index (κ2) is 3.59. The lowest BCUT2D eigenvalue weighted by Gasteiger charge is -2.08. The van der Waals surface area contributed by atoms with E-state index in [1.807, 2.05) is 0 Å². The molecule has 0 aliphatic rings. The number of aryl methyl sites for hydroxylation is 1. The molecule has 0 saturated heterocycles. The molecule has 0 unspecified atom stereocenters. The van der Waals surface area contributed by atoms with Crippen LogP contribution in [-0.4, -0.2) is 19.3 Å². The Bertz CT molecular complexity index is 522. The van der Waals surface area contributed by atoms with Gasteiger partial charge < -0.3 is 5.73 Å². The predicted molar refractivity (Wildman–Crippen MR) is 53.6 cm³/mol. The molecule has 6 nitrogen and oxygen atoms in total. The highest BCUT2D eigenvalue weighted by Gasteiger charge is 2.22. The third kappa shape index (κ3) is 2.13. The molecule has 7 heteroatoms. The van der Waals surface area contributed by atoms with Crippen molar-refractivity contribution in [2.75, 3.05) is 0 Å². The normalized spacial score (nSPS) is 11.4. The van der Waals surface area contributed by atoms with Crippen molar-refractivity contribution in [3.63, 3.8) is 0 Å². The van der Waals surface area contributed by atoms with Crippen LogP contribution in [0.1, 0.15) is 21.5 Å². The van der Waals surface area contributed by atoms with Crippen LogP contribution in [0.3, 0.4) is 0 Å². The Kier molecular flexibility index (Phi) is 2.78. The van der Waals surface area contributed by atoms with Gasteiger partial charge in [0, 0.05) is 6.20 Å². The SMILES string of the molecule is Cc1cnc(S(N)(=O)=O)c(C(N)=O)c1C. The van der Waals surface area contributed by atoms with Crippen molar-refractivity contribution < 1.29 is 13.2 Å². The van der Waals surface area contributed by atoms with Crippen LogP contribution >= 0.6 is 0 Å². The maximum atomic E-state index is 11.1. The molecule has 1 aromatic heterocycles. The second-order valence-electron chi connectivity index (χ2n) is 3.16. The smallest absolute Gasteiger partial charge is 0.256 e. The molecule has 4 N–H and O–H groups in total. The van der Waals surface area contributed by atoms with Gasteiger partial charge in [0.15, 0.2) is 5.03 Å². The zero-order valence-electron chi connectivity index (χ0n) is 8.31. The second-order valence-corrected chi connectivity index (χ2v) is 4.63. The van der Waals surface area contributed by atoms with Crippen molar-refractivity contribution in [3.8, 4) is 0 Å². The van der Waals surface area contributed by atoms with E-state index < -0.39 is 21.0 Å². The van der Waals surface area contributed by atoms with Crippen LogP contribution in [-0.2, 0) is 10.0 Å². The highest BCUT2D eigenvalue weighted by molar-refractivity contribution is 7.89. The largest absolute Gasteiger partial charge is 0.366 e. The number of rotatable bonds is 2. The molecule has 0 aliphatic carbocycles. The van der Waals surface area contributed by atoms with E-state index in [0.717, 1.165) is 0 Å². The predicted octanol–water partition coefficient (Wildman–Crippen LogP) is -0.555. The minimum absolute atomic E-state index is 0.141. The van der Waals surface area contributed by atoms with Crippen molar-refractivity contribution >= 4 is 15.9 Å². The first-order valence-electron chi connectivity index (χ1n) is 4.04. The molecular weight excluding hydrogens is 218 g/mol.